The molecule has 0 aliphatic heterocycles. The molecule has 22 heavy (non-hydrogen) atoms. The number of hydrogen-bond donors (Lipinski definition) is 2. The molecular formula is C17H18FNO3. The second-order valence-corrected chi connectivity index (χ2v) is 5.11. The van der Waals surface area contributed by atoms with Crippen LogP contribution in [0.3, 0.4) is 0 Å². The van der Waals surface area contributed by atoms with Gasteiger partial charge in [-0.2, -0.15) is 0 Å². The fraction of sp³-hybridized carbons (Fsp3) is 0.235. The first-order valence-electron chi connectivity index (χ1n) is 6.86. The first-order chi connectivity index (χ1) is 10.4. The molecule has 0 saturated carbocycles. The van der Waals surface area contributed by atoms with Crippen molar-refractivity contribution >= 4 is 5.91 Å². The van der Waals surface area contributed by atoms with Gasteiger partial charge in [0.25, 0.3) is 5.91 Å². The molecule has 0 fully saturated rings. The normalized spacial score (nSPS) is 11.8. The number of aromatic hydroxyl groups is 1. The molecular weight excluding hydrogens is 285 g/mol. The summed E-state index contributed by atoms with van der Waals surface area (Å²) in [6, 6.07) is 8.92. The molecule has 2 N–H and O–H groups in total. The molecule has 5 heteroatoms. The van der Waals surface area contributed by atoms with Crippen molar-refractivity contribution in [3.05, 3.63) is 58.9 Å². The second kappa shape index (κ2) is 6.47. The van der Waals surface area contributed by atoms with Crippen LogP contribution in [0.15, 0.2) is 36.4 Å². The van der Waals surface area contributed by atoms with Crippen LogP contribution in [0.4, 0.5) is 4.39 Å². The van der Waals surface area contributed by atoms with Crippen molar-refractivity contribution in [1.82, 2.24) is 5.32 Å². The highest BCUT2D eigenvalue weighted by atomic mass is 19.1. The summed E-state index contributed by atoms with van der Waals surface area (Å²) >= 11 is 0. The average molecular weight is 303 g/mol. The molecule has 0 aromatic heterocycles. The molecule has 0 aliphatic rings. The highest BCUT2D eigenvalue weighted by molar-refractivity contribution is 5.97. The fourth-order valence-corrected chi connectivity index (χ4v) is 2.14. The molecule has 1 amide bonds. The fourth-order valence-electron chi connectivity index (χ4n) is 2.14. The molecule has 0 heterocycles. The zero-order valence-electron chi connectivity index (χ0n) is 12.7. The number of aryl methyl sites for hydroxylation is 1. The number of ether oxygens (including phenoxy) is 1. The van der Waals surface area contributed by atoms with E-state index in [1.165, 1.54) is 25.3 Å². The van der Waals surface area contributed by atoms with Gasteiger partial charge >= 0.3 is 0 Å². The first-order valence-corrected chi connectivity index (χ1v) is 6.86. The predicted octanol–water partition coefficient (Wildman–Crippen LogP) is 3.34. The third kappa shape index (κ3) is 3.36. The van der Waals surface area contributed by atoms with Gasteiger partial charge in [0.05, 0.1) is 18.7 Å². The summed E-state index contributed by atoms with van der Waals surface area (Å²) in [5.41, 5.74) is 1.66. The van der Waals surface area contributed by atoms with Gasteiger partial charge in [-0.15, -0.1) is 0 Å². The van der Waals surface area contributed by atoms with Gasteiger partial charge in [-0.05, 0) is 49.2 Å². The number of halogens is 1. The summed E-state index contributed by atoms with van der Waals surface area (Å²) in [6.45, 7) is 3.56. The lowest BCUT2D eigenvalue weighted by atomic mass is 10.1. The molecule has 2 rings (SSSR count). The Morgan fingerprint density at radius 2 is 2.00 bits per heavy atom. The van der Waals surface area contributed by atoms with E-state index in [9.17, 15) is 14.3 Å². The van der Waals surface area contributed by atoms with E-state index >= 15 is 0 Å². The average Bonchev–Trinajstić information content (AvgIpc) is 2.46. The largest absolute Gasteiger partial charge is 0.507 e. The summed E-state index contributed by atoms with van der Waals surface area (Å²) in [7, 11) is 1.39. The summed E-state index contributed by atoms with van der Waals surface area (Å²) in [6.07, 6.45) is 0. The number of phenolic OH excluding ortho intramolecular Hbond substituents is 1. The number of benzene rings is 2. The Morgan fingerprint density at radius 3 is 2.59 bits per heavy atom. The van der Waals surface area contributed by atoms with Gasteiger partial charge in [-0.3, -0.25) is 4.79 Å². The van der Waals surface area contributed by atoms with Gasteiger partial charge in [-0.25, -0.2) is 4.39 Å². The maximum Gasteiger partial charge on any atom is 0.255 e. The Bertz CT molecular complexity index is 700. The number of methoxy groups -OCH3 is 1. The molecule has 4 nitrogen and oxygen atoms in total. The lowest BCUT2D eigenvalue weighted by Gasteiger charge is -2.16. The Labute approximate surface area is 128 Å². The van der Waals surface area contributed by atoms with Crippen molar-refractivity contribution in [3.8, 4) is 11.5 Å². The van der Waals surface area contributed by atoms with E-state index in [1.54, 1.807) is 25.1 Å². The van der Waals surface area contributed by atoms with Crippen molar-refractivity contribution in [1.29, 1.82) is 0 Å². The highest BCUT2D eigenvalue weighted by Gasteiger charge is 2.16. The van der Waals surface area contributed by atoms with Crippen molar-refractivity contribution in [2.75, 3.05) is 7.11 Å². The number of amides is 1. The number of rotatable bonds is 4. The van der Waals surface area contributed by atoms with E-state index in [4.69, 9.17) is 4.74 Å². The standard InChI is InChI=1S/C17H18FNO3/c1-10-4-6-13(15(20)8-10)17(21)19-11(2)12-5-7-16(22-3)14(18)9-12/h4-9,11,20H,1-3H3,(H,19,21). The third-order valence-electron chi connectivity index (χ3n) is 3.42. The van der Waals surface area contributed by atoms with Crippen LogP contribution in [0.25, 0.3) is 0 Å². The molecule has 1 unspecified atom stereocenters. The molecule has 2 aromatic carbocycles. The van der Waals surface area contributed by atoms with Crippen molar-refractivity contribution in [3.63, 3.8) is 0 Å². The van der Waals surface area contributed by atoms with Crippen LogP contribution in [-0.4, -0.2) is 18.1 Å². The molecule has 0 spiro atoms. The van der Waals surface area contributed by atoms with Crippen LogP contribution < -0.4 is 10.1 Å². The third-order valence-corrected chi connectivity index (χ3v) is 3.42. The SMILES string of the molecule is COc1ccc(C(C)NC(=O)c2ccc(C)cc2O)cc1F. The number of carbonyl (C=O) groups excluding carboxylic acids is 1. The van der Waals surface area contributed by atoms with E-state index in [2.05, 4.69) is 5.32 Å². The minimum Gasteiger partial charge on any atom is -0.507 e. The van der Waals surface area contributed by atoms with Crippen LogP contribution in [0.2, 0.25) is 0 Å². The molecule has 0 bridgehead atoms. The van der Waals surface area contributed by atoms with E-state index in [1.807, 2.05) is 6.92 Å². The van der Waals surface area contributed by atoms with Gasteiger partial charge in [0.2, 0.25) is 0 Å². The van der Waals surface area contributed by atoms with Crippen LogP contribution in [0, 0.1) is 12.7 Å². The van der Waals surface area contributed by atoms with Crippen molar-refractivity contribution in [2.24, 2.45) is 0 Å². The predicted molar refractivity (Wildman–Crippen MR) is 81.7 cm³/mol. The molecule has 0 radical (unpaired) electrons. The summed E-state index contributed by atoms with van der Waals surface area (Å²) in [5, 5.41) is 12.6. The maximum absolute atomic E-state index is 13.7. The summed E-state index contributed by atoms with van der Waals surface area (Å²) in [5.74, 6) is -0.829. The van der Waals surface area contributed by atoms with E-state index < -0.39 is 17.8 Å². The Balaban J connectivity index is 2.15. The number of phenols is 1. The van der Waals surface area contributed by atoms with Crippen LogP contribution >= 0.6 is 0 Å². The van der Waals surface area contributed by atoms with E-state index in [-0.39, 0.29) is 17.1 Å². The van der Waals surface area contributed by atoms with Gasteiger partial charge in [-0.1, -0.05) is 12.1 Å². The lowest BCUT2D eigenvalue weighted by molar-refractivity contribution is 0.0937. The van der Waals surface area contributed by atoms with Gasteiger partial charge in [0.1, 0.15) is 5.75 Å². The topological polar surface area (TPSA) is 58.6 Å². The maximum atomic E-state index is 13.7. The minimum atomic E-state index is -0.487. The summed E-state index contributed by atoms with van der Waals surface area (Å²) < 4.78 is 18.6. The second-order valence-electron chi connectivity index (χ2n) is 5.11. The van der Waals surface area contributed by atoms with Gasteiger partial charge in [0.15, 0.2) is 11.6 Å². The van der Waals surface area contributed by atoms with Gasteiger partial charge in [0, 0.05) is 0 Å². The molecule has 2 aromatic rings. The summed E-state index contributed by atoms with van der Waals surface area (Å²) in [4.78, 5) is 12.2. The zero-order chi connectivity index (χ0) is 16.3. The Hall–Kier alpha value is -2.56. The van der Waals surface area contributed by atoms with Crippen molar-refractivity contribution < 1.29 is 19.0 Å². The lowest BCUT2D eigenvalue weighted by Crippen LogP contribution is -2.26. The zero-order valence-corrected chi connectivity index (χ0v) is 12.7. The molecule has 1 atom stereocenters. The van der Waals surface area contributed by atoms with Gasteiger partial charge < -0.3 is 15.2 Å². The molecule has 0 aliphatic carbocycles. The number of carbonyl (C=O) groups is 1. The monoisotopic (exact) mass is 303 g/mol. The molecule has 116 valence electrons. The quantitative estimate of drug-likeness (QED) is 0.910. The van der Waals surface area contributed by atoms with Crippen molar-refractivity contribution in [2.45, 2.75) is 19.9 Å². The van der Waals surface area contributed by atoms with E-state index in [0.717, 1.165) is 5.56 Å². The van der Waals surface area contributed by atoms with E-state index in [0.29, 0.717) is 5.56 Å². The Kier molecular flexibility index (Phi) is 4.65. The smallest absolute Gasteiger partial charge is 0.255 e. The Morgan fingerprint density at radius 1 is 1.27 bits per heavy atom. The highest BCUT2D eigenvalue weighted by Crippen LogP contribution is 2.23. The van der Waals surface area contributed by atoms with Crippen LogP contribution in [0.5, 0.6) is 11.5 Å². The number of nitrogens with one attached hydrogen (secondary N) is 1. The van der Waals surface area contributed by atoms with Crippen LogP contribution in [0.1, 0.15) is 34.5 Å². The molecule has 0 saturated heterocycles. The van der Waals surface area contributed by atoms with Crippen LogP contribution in [-0.2, 0) is 0 Å². The first kappa shape index (κ1) is 15.8. The minimum absolute atomic E-state index is 0.0781. The number of hydrogen-bond acceptors (Lipinski definition) is 3.